The van der Waals surface area contributed by atoms with Crippen molar-refractivity contribution in [1.82, 2.24) is 0 Å². The Morgan fingerprint density at radius 3 is 2.61 bits per heavy atom. The fraction of sp³-hybridized carbons (Fsp3) is 0.176. The Morgan fingerprint density at radius 1 is 1.09 bits per heavy atom. The molecule has 0 atom stereocenters. The lowest BCUT2D eigenvalue weighted by molar-refractivity contribution is -0.149. The Morgan fingerprint density at radius 2 is 1.87 bits per heavy atom. The van der Waals surface area contributed by atoms with E-state index >= 15 is 0 Å². The van der Waals surface area contributed by atoms with Crippen LogP contribution in [0.15, 0.2) is 48.5 Å². The SMILES string of the molecule is Cc1cccc(OCC(=O)OCC(=O)Nc2ccccc2Cl)c1. The Bertz CT molecular complexity index is 702. The Labute approximate surface area is 139 Å². The van der Waals surface area contributed by atoms with Crippen molar-refractivity contribution in [1.29, 1.82) is 0 Å². The number of rotatable bonds is 6. The molecule has 2 rings (SSSR count). The number of aryl methyl sites for hydroxylation is 1. The van der Waals surface area contributed by atoms with Gasteiger partial charge >= 0.3 is 5.97 Å². The largest absolute Gasteiger partial charge is 0.482 e. The number of anilines is 1. The molecule has 1 amide bonds. The van der Waals surface area contributed by atoms with Crippen molar-refractivity contribution in [3.8, 4) is 5.75 Å². The van der Waals surface area contributed by atoms with Crippen molar-refractivity contribution in [2.75, 3.05) is 18.5 Å². The van der Waals surface area contributed by atoms with Crippen LogP contribution in [0.25, 0.3) is 0 Å². The van der Waals surface area contributed by atoms with Gasteiger partial charge in [-0.1, -0.05) is 35.9 Å². The van der Waals surface area contributed by atoms with Gasteiger partial charge in [-0.3, -0.25) is 4.79 Å². The maximum atomic E-state index is 11.7. The first-order valence-electron chi connectivity index (χ1n) is 6.94. The third-order valence-corrected chi connectivity index (χ3v) is 3.19. The van der Waals surface area contributed by atoms with E-state index in [9.17, 15) is 9.59 Å². The zero-order chi connectivity index (χ0) is 16.7. The van der Waals surface area contributed by atoms with Gasteiger partial charge < -0.3 is 14.8 Å². The third kappa shape index (κ3) is 5.64. The van der Waals surface area contributed by atoms with Gasteiger partial charge in [0.1, 0.15) is 5.75 Å². The van der Waals surface area contributed by atoms with E-state index in [1.807, 2.05) is 19.1 Å². The number of esters is 1. The van der Waals surface area contributed by atoms with Gasteiger partial charge in [-0.2, -0.15) is 0 Å². The van der Waals surface area contributed by atoms with Crippen LogP contribution in [0.5, 0.6) is 5.75 Å². The molecule has 0 spiro atoms. The maximum absolute atomic E-state index is 11.7. The highest BCUT2D eigenvalue weighted by Crippen LogP contribution is 2.20. The minimum atomic E-state index is -0.624. The second kappa shape index (κ2) is 8.19. The normalized spacial score (nSPS) is 10.0. The van der Waals surface area contributed by atoms with E-state index in [0.717, 1.165) is 5.56 Å². The summed E-state index contributed by atoms with van der Waals surface area (Å²) in [6.07, 6.45) is 0. The molecule has 5 nitrogen and oxygen atoms in total. The second-order valence-corrected chi connectivity index (χ2v) is 5.20. The lowest BCUT2D eigenvalue weighted by Gasteiger charge is -2.09. The van der Waals surface area contributed by atoms with Crippen LogP contribution in [-0.4, -0.2) is 25.1 Å². The molecule has 0 bridgehead atoms. The minimum Gasteiger partial charge on any atom is -0.482 e. The molecule has 0 radical (unpaired) electrons. The highest BCUT2D eigenvalue weighted by molar-refractivity contribution is 6.33. The average Bonchev–Trinajstić information content (AvgIpc) is 2.53. The number of hydrogen-bond donors (Lipinski definition) is 1. The van der Waals surface area contributed by atoms with Crippen LogP contribution >= 0.6 is 11.6 Å². The Hall–Kier alpha value is -2.53. The van der Waals surface area contributed by atoms with Crippen LogP contribution < -0.4 is 10.1 Å². The highest BCUT2D eigenvalue weighted by atomic mass is 35.5. The molecular formula is C17H16ClNO4. The molecular weight excluding hydrogens is 318 g/mol. The van der Waals surface area contributed by atoms with Gasteiger partial charge in [0.25, 0.3) is 5.91 Å². The summed E-state index contributed by atoms with van der Waals surface area (Å²) in [6.45, 7) is 1.26. The quantitative estimate of drug-likeness (QED) is 0.824. The van der Waals surface area contributed by atoms with Crippen LogP contribution in [0.3, 0.4) is 0 Å². The van der Waals surface area contributed by atoms with Crippen LogP contribution in [-0.2, 0) is 14.3 Å². The number of ether oxygens (including phenoxy) is 2. The van der Waals surface area contributed by atoms with Gasteiger partial charge in [-0.05, 0) is 36.8 Å². The van der Waals surface area contributed by atoms with Crippen molar-refractivity contribution in [2.24, 2.45) is 0 Å². The van der Waals surface area contributed by atoms with Crippen molar-refractivity contribution < 1.29 is 19.1 Å². The minimum absolute atomic E-state index is 0.261. The molecule has 0 aliphatic rings. The van der Waals surface area contributed by atoms with E-state index in [2.05, 4.69) is 5.32 Å². The molecule has 2 aromatic rings. The molecule has 23 heavy (non-hydrogen) atoms. The molecule has 0 aliphatic heterocycles. The number of carbonyl (C=O) groups excluding carboxylic acids is 2. The van der Waals surface area contributed by atoms with Crippen molar-refractivity contribution in [2.45, 2.75) is 6.92 Å². The summed E-state index contributed by atoms with van der Waals surface area (Å²) in [6, 6.07) is 14.1. The summed E-state index contributed by atoms with van der Waals surface area (Å²) < 4.78 is 10.1. The predicted molar refractivity (Wildman–Crippen MR) is 87.7 cm³/mol. The zero-order valence-corrected chi connectivity index (χ0v) is 13.3. The van der Waals surface area contributed by atoms with E-state index in [0.29, 0.717) is 16.5 Å². The standard InChI is InChI=1S/C17H16ClNO4/c1-12-5-4-6-13(9-12)22-11-17(21)23-10-16(20)19-15-8-3-2-7-14(15)18/h2-9H,10-11H2,1H3,(H,19,20). The highest BCUT2D eigenvalue weighted by Gasteiger charge is 2.10. The molecule has 0 saturated heterocycles. The smallest absolute Gasteiger partial charge is 0.344 e. The van der Waals surface area contributed by atoms with Gasteiger partial charge in [0.15, 0.2) is 13.2 Å². The second-order valence-electron chi connectivity index (χ2n) is 4.79. The molecule has 0 fully saturated rings. The number of carbonyl (C=O) groups is 2. The molecule has 0 aliphatic carbocycles. The van der Waals surface area contributed by atoms with Gasteiger partial charge in [-0.15, -0.1) is 0 Å². The molecule has 0 saturated carbocycles. The molecule has 2 aromatic carbocycles. The van der Waals surface area contributed by atoms with Gasteiger partial charge in [0.05, 0.1) is 10.7 Å². The van der Waals surface area contributed by atoms with E-state index in [4.69, 9.17) is 21.1 Å². The molecule has 1 N–H and O–H groups in total. The first-order valence-corrected chi connectivity index (χ1v) is 7.32. The van der Waals surface area contributed by atoms with Gasteiger partial charge in [-0.25, -0.2) is 4.79 Å². The topological polar surface area (TPSA) is 64.6 Å². The molecule has 120 valence electrons. The predicted octanol–water partition coefficient (Wildman–Crippen LogP) is 3.21. The number of benzene rings is 2. The van der Waals surface area contributed by atoms with Gasteiger partial charge in [0, 0.05) is 0 Å². The van der Waals surface area contributed by atoms with Crippen LogP contribution in [0.4, 0.5) is 5.69 Å². The van der Waals surface area contributed by atoms with E-state index < -0.39 is 18.5 Å². The average molecular weight is 334 g/mol. The molecule has 0 aromatic heterocycles. The van der Waals surface area contributed by atoms with Crippen molar-refractivity contribution in [3.05, 3.63) is 59.1 Å². The van der Waals surface area contributed by atoms with E-state index in [-0.39, 0.29) is 6.61 Å². The lowest BCUT2D eigenvalue weighted by Crippen LogP contribution is -2.23. The summed E-state index contributed by atoms with van der Waals surface area (Å²) in [5.41, 5.74) is 1.49. The van der Waals surface area contributed by atoms with Crippen molar-refractivity contribution >= 4 is 29.2 Å². The van der Waals surface area contributed by atoms with E-state index in [1.54, 1.807) is 36.4 Å². The number of hydrogen-bond acceptors (Lipinski definition) is 4. The van der Waals surface area contributed by atoms with Crippen LogP contribution in [0.1, 0.15) is 5.56 Å². The fourth-order valence-corrected chi connectivity index (χ4v) is 1.97. The summed E-state index contributed by atoms with van der Waals surface area (Å²) in [4.78, 5) is 23.3. The lowest BCUT2D eigenvalue weighted by atomic mass is 10.2. The molecule has 0 unspecified atom stereocenters. The number of halogens is 1. The van der Waals surface area contributed by atoms with Gasteiger partial charge in [0.2, 0.25) is 0 Å². The summed E-state index contributed by atoms with van der Waals surface area (Å²) >= 11 is 5.92. The Balaban J connectivity index is 1.74. The monoisotopic (exact) mass is 333 g/mol. The Kier molecular flexibility index (Phi) is 6.00. The molecule has 0 heterocycles. The van der Waals surface area contributed by atoms with Crippen molar-refractivity contribution in [3.63, 3.8) is 0 Å². The first kappa shape index (κ1) is 16.8. The summed E-state index contributed by atoms with van der Waals surface area (Å²) in [5, 5.41) is 2.97. The fourth-order valence-electron chi connectivity index (χ4n) is 1.78. The number of nitrogens with one attached hydrogen (secondary N) is 1. The van der Waals surface area contributed by atoms with Crippen LogP contribution in [0.2, 0.25) is 5.02 Å². The van der Waals surface area contributed by atoms with Crippen LogP contribution in [0, 0.1) is 6.92 Å². The maximum Gasteiger partial charge on any atom is 0.344 e. The van der Waals surface area contributed by atoms with E-state index in [1.165, 1.54) is 0 Å². The number of amides is 1. The zero-order valence-electron chi connectivity index (χ0n) is 12.5. The third-order valence-electron chi connectivity index (χ3n) is 2.86. The molecule has 6 heteroatoms. The number of para-hydroxylation sites is 1. The summed E-state index contributed by atoms with van der Waals surface area (Å²) in [7, 11) is 0. The summed E-state index contributed by atoms with van der Waals surface area (Å²) in [5.74, 6) is -0.523. The first-order chi connectivity index (χ1) is 11.0.